The molecule has 2 fully saturated rings. The van der Waals surface area contributed by atoms with E-state index in [2.05, 4.69) is 18.7 Å². The summed E-state index contributed by atoms with van der Waals surface area (Å²) in [6, 6.07) is 0.398. The highest BCUT2D eigenvalue weighted by atomic mass is 16.2. The smallest absolute Gasteiger partial charge is 0.230 e. The van der Waals surface area contributed by atoms with Gasteiger partial charge in [0.1, 0.15) is 0 Å². The van der Waals surface area contributed by atoms with Gasteiger partial charge in [0.15, 0.2) is 0 Å². The molecule has 0 aromatic heterocycles. The quantitative estimate of drug-likeness (QED) is 0.748. The molecule has 1 saturated carbocycles. The first-order valence-corrected chi connectivity index (χ1v) is 6.12. The minimum Gasteiger partial charge on any atom is -0.339 e. The van der Waals surface area contributed by atoms with Crippen LogP contribution in [0.3, 0.4) is 0 Å². The van der Waals surface area contributed by atoms with Crippen LogP contribution in [0.1, 0.15) is 39.5 Å². The Morgan fingerprint density at radius 1 is 1.47 bits per heavy atom. The highest BCUT2D eigenvalue weighted by Crippen LogP contribution is 2.47. The number of amides is 1. The van der Waals surface area contributed by atoms with E-state index in [0.29, 0.717) is 24.4 Å². The molecule has 2 aliphatic rings. The number of nitrogens with zero attached hydrogens (tertiary/aromatic N) is 1. The molecule has 0 aromatic rings. The van der Waals surface area contributed by atoms with Gasteiger partial charge in [0.25, 0.3) is 0 Å². The van der Waals surface area contributed by atoms with Crippen LogP contribution in [0.15, 0.2) is 0 Å². The normalized spacial score (nSPS) is 33.9. The molecule has 15 heavy (non-hydrogen) atoms. The fourth-order valence-corrected chi connectivity index (χ4v) is 2.58. The fraction of sp³-hybridized carbons (Fsp3) is 0.917. The number of likely N-dealkylation sites (tertiary alicyclic amines) is 1. The Hall–Kier alpha value is -0.570. The molecule has 2 rings (SSSR count). The van der Waals surface area contributed by atoms with Gasteiger partial charge in [-0.2, -0.15) is 0 Å². The van der Waals surface area contributed by atoms with Crippen LogP contribution >= 0.6 is 0 Å². The molecule has 1 heterocycles. The first-order valence-electron chi connectivity index (χ1n) is 6.12. The third-order valence-electron chi connectivity index (χ3n) is 4.33. The summed E-state index contributed by atoms with van der Waals surface area (Å²) in [5.74, 6) is 0.959. The average molecular weight is 210 g/mol. The Balaban J connectivity index is 2.06. The molecular weight excluding hydrogens is 188 g/mol. The Morgan fingerprint density at radius 2 is 2.13 bits per heavy atom. The van der Waals surface area contributed by atoms with E-state index in [1.165, 1.54) is 6.42 Å². The lowest BCUT2D eigenvalue weighted by atomic mass is 9.90. The van der Waals surface area contributed by atoms with Crippen LogP contribution in [0.5, 0.6) is 0 Å². The van der Waals surface area contributed by atoms with Gasteiger partial charge in [0.05, 0.1) is 5.41 Å². The Labute approximate surface area is 92.0 Å². The SMILES string of the molecule is CC1CCCN(C(=O)C2(CN)CC2)C1C. The van der Waals surface area contributed by atoms with Crippen molar-refractivity contribution in [2.24, 2.45) is 17.1 Å². The second-order valence-electron chi connectivity index (χ2n) is 5.34. The van der Waals surface area contributed by atoms with Crippen molar-refractivity contribution >= 4 is 5.91 Å². The summed E-state index contributed by atoms with van der Waals surface area (Å²) in [5.41, 5.74) is 5.55. The molecule has 2 unspecified atom stereocenters. The van der Waals surface area contributed by atoms with Gasteiger partial charge < -0.3 is 10.6 Å². The van der Waals surface area contributed by atoms with Gasteiger partial charge in [-0.25, -0.2) is 0 Å². The predicted octanol–water partition coefficient (Wildman–Crippen LogP) is 1.37. The van der Waals surface area contributed by atoms with E-state index in [9.17, 15) is 4.79 Å². The molecule has 0 bridgehead atoms. The monoisotopic (exact) mass is 210 g/mol. The first kappa shape index (κ1) is 10.9. The van der Waals surface area contributed by atoms with Crippen molar-refractivity contribution in [1.29, 1.82) is 0 Å². The van der Waals surface area contributed by atoms with Crippen molar-refractivity contribution in [2.75, 3.05) is 13.1 Å². The molecule has 0 spiro atoms. The molecule has 0 radical (unpaired) electrons. The molecule has 3 nitrogen and oxygen atoms in total. The van der Waals surface area contributed by atoms with E-state index in [4.69, 9.17) is 5.73 Å². The summed E-state index contributed by atoms with van der Waals surface area (Å²) in [6.07, 6.45) is 4.40. The lowest BCUT2D eigenvalue weighted by molar-refractivity contribution is -0.141. The van der Waals surface area contributed by atoms with Crippen LogP contribution in [0, 0.1) is 11.3 Å². The van der Waals surface area contributed by atoms with Gasteiger partial charge in [0, 0.05) is 19.1 Å². The van der Waals surface area contributed by atoms with Crippen molar-refractivity contribution in [3.63, 3.8) is 0 Å². The molecule has 2 atom stereocenters. The highest BCUT2D eigenvalue weighted by Gasteiger charge is 2.51. The summed E-state index contributed by atoms with van der Waals surface area (Å²) in [5, 5.41) is 0. The van der Waals surface area contributed by atoms with E-state index in [0.717, 1.165) is 25.8 Å². The molecule has 3 heteroatoms. The first-order chi connectivity index (χ1) is 7.10. The Morgan fingerprint density at radius 3 is 2.67 bits per heavy atom. The number of hydrogen-bond donors (Lipinski definition) is 1. The molecule has 1 saturated heterocycles. The van der Waals surface area contributed by atoms with Crippen LogP contribution in [0.25, 0.3) is 0 Å². The number of nitrogens with two attached hydrogens (primary N) is 1. The average Bonchev–Trinajstić information content (AvgIpc) is 3.02. The zero-order valence-electron chi connectivity index (χ0n) is 9.83. The Bertz CT molecular complexity index is 260. The number of carbonyl (C=O) groups excluding carboxylic acids is 1. The van der Waals surface area contributed by atoms with E-state index in [1.807, 2.05) is 0 Å². The molecular formula is C12H22N2O. The molecule has 1 amide bonds. The minimum absolute atomic E-state index is 0.161. The standard InChI is InChI=1S/C12H22N2O/c1-9-4-3-7-14(10(9)2)11(15)12(8-13)5-6-12/h9-10H,3-8,13H2,1-2H3. The van der Waals surface area contributed by atoms with Crippen molar-refractivity contribution in [2.45, 2.75) is 45.6 Å². The van der Waals surface area contributed by atoms with Crippen LogP contribution < -0.4 is 5.73 Å². The third kappa shape index (κ3) is 1.78. The maximum absolute atomic E-state index is 12.3. The van der Waals surface area contributed by atoms with E-state index in [-0.39, 0.29) is 5.41 Å². The van der Waals surface area contributed by atoms with Gasteiger partial charge in [-0.15, -0.1) is 0 Å². The van der Waals surface area contributed by atoms with Gasteiger partial charge in [-0.1, -0.05) is 6.92 Å². The zero-order valence-corrected chi connectivity index (χ0v) is 9.83. The van der Waals surface area contributed by atoms with Crippen molar-refractivity contribution in [3.8, 4) is 0 Å². The summed E-state index contributed by atoms with van der Waals surface area (Å²) < 4.78 is 0. The van der Waals surface area contributed by atoms with Gasteiger partial charge in [-0.3, -0.25) is 4.79 Å². The molecule has 86 valence electrons. The zero-order chi connectivity index (χ0) is 11.1. The largest absolute Gasteiger partial charge is 0.339 e. The number of hydrogen-bond acceptors (Lipinski definition) is 2. The second-order valence-corrected chi connectivity index (χ2v) is 5.34. The maximum Gasteiger partial charge on any atom is 0.230 e. The van der Waals surface area contributed by atoms with E-state index < -0.39 is 0 Å². The molecule has 1 aliphatic heterocycles. The van der Waals surface area contributed by atoms with Crippen LogP contribution in [-0.4, -0.2) is 29.9 Å². The van der Waals surface area contributed by atoms with Crippen LogP contribution in [0.4, 0.5) is 0 Å². The number of piperidine rings is 1. The lowest BCUT2D eigenvalue weighted by Gasteiger charge is -2.39. The van der Waals surface area contributed by atoms with Crippen molar-refractivity contribution in [3.05, 3.63) is 0 Å². The van der Waals surface area contributed by atoms with Crippen LogP contribution in [-0.2, 0) is 4.79 Å². The van der Waals surface area contributed by atoms with Crippen molar-refractivity contribution < 1.29 is 4.79 Å². The molecule has 2 N–H and O–H groups in total. The van der Waals surface area contributed by atoms with Gasteiger partial charge >= 0.3 is 0 Å². The molecule has 1 aliphatic carbocycles. The summed E-state index contributed by atoms with van der Waals surface area (Å²) in [4.78, 5) is 14.4. The molecule has 0 aromatic carbocycles. The fourth-order valence-electron chi connectivity index (χ4n) is 2.58. The summed E-state index contributed by atoms with van der Waals surface area (Å²) >= 11 is 0. The Kier molecular flexibility index (Phi) is 2.75. The van der Waals surface area contributed by atoms with Crippen LogP contribution in [0.2, 0.25) is 0 Å². The lowest BCUT2D eigenvalue weighted by Crippen LogP contribution is -2.50. The highest BCUT2D eigenvalue weighted by molar-refractivity contribution is 5.86. The summed E-state index contributed by atoms with van der Waals surface area (Å²) in [7, 11) is 0. The third-order valence-corrected chi connectivity index (χ3v) is 4.33. The predicted molar refractivity (Wildman–Crippen MR) is 60.3 cm³/mol. The van der Waals surface area contributed by atoms with E-state index in [1.54, 1.807) is 0 Å². The maximum atomic E-state index is 12.3. The van der Waals surface area contributed by atoms with E-state index >= 15 is 0 Å². The van der Waals surface area contributed by atoms with Gasteiger partial charge in [-0.05, 0) is 38.5 Å². The number of rotatable bonds is 2. The topological polar surface area (TPSA) is 46.3 Å². The van der Waals surface area contributed by atoms with Gasteiger partial charge in [0.2, 0.25) is 5.91 Å². The second kappa shape index (κ2) is 3.78. The number of carbonyl (C=O) groups is 1. The summed E-state index contributed by atoms with van der Waals surface area (Å²) in [6.45, 7) is 5.88. The minimum atomic E-state index is -0.161. The van der Waals surface area contributed by atoms with Crippen molar-refractivity contribution in [1.82, 2.24) is 4.90 Å².